The van der Waals surface area contributed by atoms with Gasteiger partial charge in [-0.1, -0.05) is 0 Å². The summed E-state index contributed by atoms with van der Waals surface area (Å²) in [5, 5.41) is 8.75. The molecule has 0 fully saturated rings. The maximum atomic E-state index is 12.2. The van der Waals surface area contributed by atoms with Gasteiger partial charge in [-0.15, -0.1) is 0 Å². The molecule has 8 heteroatoms. The molecule has 0 saturated carbocycles. The lowest BCUT2D eigenvalue weighted by atomic mass is 10.4. The minimum Gasteiger partial charge on any atom is -0.477 e. The minimum absolute atomic E-state index is 0.0321. The zero-order valence-electron chi connectivity index (χ0n) is 10.4. The topological polar surface area (TPSA) is 90.5 Å². The van der Waals surface area contributed by atoms with E-state index in [9.17, 15) is 13.2 Å². The Hall–Kier alpha value is -0.990. The molecule has 1 atom stereocenters. The highest BCUT2D eigenvalue weighted by atomic mass is 32.2. The van der Waals surface area contributed by atoms with Gasteiger partial charge in [0.1, 0.15) is 10.6 Å². The lowest BCUT2D eigenvalue weighted by molar-refractivity contribution is 0.0691. The molecular formula is C10H16N2O4S2. The Labute approximate surface area is 110 Å². The van der Waals surface area contributed by atoms with Gasteiger partial charge >= 0.3 is 5.97 Å². The van der Waals surface area contributed by atoms with Crippen LogP contribution in [0.3, 0.4) is 0 Å². The molecule has 1 unspecified atom stereocenters. The van der Waals surface area contributed by atoms with Gasteiger partial charge in [-0.2, -0.15) is 16.1 Å². The Bertz CT molecular complexity index is 524. The van der Waals surface area contributed by atoms with Crippen LogP contribution in [0.25, 0.3) is 0 Å². The summed E-state index contributed by atoms with van der Waals surface area (Å²) in [5.74, 6) is -0.511. The predicted octanol–water partition coefficient (Wildman–Crippen LogP) is 1.08. The number of hydrogen-bond acceptors (Lipinski definition) is 4. The first-order chi connectivity index (χ1) is 8.30. The molecule has 0 amide bonds. The number of hydrogen-bond donors (Lipinski definition) is 2. The highest BCUT2D eigenvalue weighted by Crippen LogP contribution is 2.18. The highest BCUT2D eigenvalue weighted by Gasteiger charge is 2.26. The number of nitrogens with zero attached hydrogens (tertiary/aromatic N) is 1. The maximum Gasteiger partial charge on any atom is 0.352 e. The fraction of sp³-hybridized carbons (Fsp3) is 0.500. The molecule has 0 aliphatic rings. The average molecular weight is 292 g/mol. The molecule has 0 bridgehead atoms. The van der Waals surface area contributed by atoms with Gasteiger partial charge < -0.3 is 10.1 Å². The first-order valence-electron chi connectivity index (χ1n) is 5.19. The van der Waals surface area contributed by atoms with Crippen LogP contribution in [-0.2, 0) is 10.0 Å². The number of sulfonamides is 1. The van der Waals surface area contributed by atoms with Gasteiger partial charge in [0.15, 0.2) is 0 Å². The Kier molecular flexibility index (Phi) is 4.83. The smallest absolute Gasteiger partial charge is 0.352 e. The van der Waals surface area contributed by atoms with Crippen LogP contribution in [0.5, 0.6) is 0 Å². The number of H-pyrrole nitrogens is 1. The first kappa shape index (κ1) is 15.1. The number of thioether (sulfide) groups is 1. The molecule has 102 valence electrons. The molecule has 1 aromatic rings. The van der Waals surface area contributed by atoms with E-state index in [1.807, 2.05) is 6.26 Å². The first-order valence-corrected chi connectivity index (χ1v) is 8.02. The molecule has 2 N–H and O–H groups in total. The van der Waals surface area contributed by atoms with E-state index in [0.717, 1.165) is 6.07 Å². The van der Waals surface area contributed by atoms with Crippen LogP contribution in [0, 0.1) is 0 Å². The molecule has 6 nitrogen and oxygen atoms in total. The van der Waals surface area contributed by atoms with Crippen molar-refractivity contribution in [2.45, 2.75) is 17.9 Å². The minimum atomic E-state index is -3.65. The molecule has 1 heterocycles. The van der Waals surface area contributed by atoms with Crippen LogP contribution in [-0.4, -0.2) is 53.9 Å². The van der Waals surface area contributed by atoms with Crippen LogP contribution in [0.15, 0.2) is 17.2 Å². The molecule has 1 aromatic heterocycles. The van der Waals surface area contributed by atoms with Gasteiger partial charge in [0, 0.05) is 25.0 Å². The second-order valence-corrected chi connectivity index (χ2v) is 6.79. The van der Waals surface area contributed by atoms with Gasteiger partial charge in [-0.3, -0.25) is 0 Å². The quantitative estimate of drug-likeness (QED) is 0.819. The van der Waals surface area contributed by atoms with E-state index in [4.69, 9.17) is 5.11 Å². The van der Waals surface area contributed by atoms with E-state index < -0.39 is 16.0 Å². The van der Waals surface area contributed by atoms with Crippen molar-refractivity contribution in [1.29, 1.82) is 0 Å². The zero-order chi connectivity index (χ0) is 13.9. The van der Waals surface area contributed by atoms with Gasteiger partial charge in [0.05, 0.1) is 0 Å². The van der Waals surface area contributed by atoms with E-state index in [2.05, 4.69) is 4.98 Å². The van der Waals surface area contributed by atoms with Crippen LogP contribution < -0.4 is 0 Å². The standard InChI is InChI=1S/C10H16N2O4S2/c1-7(6-17-3)12(2)18(15,16)8-4-9(10(13)14)11-5-8/h4-5,7,11H,6H2,1-3H3,(H,13,14). The zero-order valence-corrected chi connectivity index (χ0v) is 12.0. The Balaban J connectivity index is 3.01. The Morgan fingerprint density at radius 1 is 1.61 bits per heavy atom. The molecule has 1 rings (SSSR count). The Morgan fingerprint density at radius 2 is 2.22 bits per heavy atom. The summed E-state index contributed by atoms with van der Waals surface area (Å²) in [6, 6.07) is 0.966. The number of carbonyl (C=O) groups is 1. The third-order valence-electron chi connectivity index (χ3n) is 2.59. The molecule has 0 aromatic carbocycles. The van der Waals surface area contributed by atoms with Crippen molar-refractivity contribution in [3.05, 3.63) is 18.0 Å². The fourth-order valence-corrected chi connectivity index (χ4v) is 3.55. The lowest BCUT2D eigenvalue weighted by Crippen LogP contribution is -2.36. The third kappa shape index (κ3) is 3.06. The SMILES string of the molecule is CSCC(C)N(C)S(=O)(=O)c1c[nH]c(C(=O)O)c1. The van der Waals surface area contributed by atoms with Crippen molar-refractivity contribution in [3.63, 3.8) is 0 Å². The number of carboxylic acids is 1. The van der Waals surface area contributed by atoms with Gasteiger partial charge in [-0.05, 0) is 19.2 Å². The average Bonchev–Trinajstić information content (AvgIpc) is 2.78. The van der Waals surface area contributed by atoms with Crippen LogP contribution >= 0.6 is 11.8 Å². The van der Waals surface area contributed by atoms with E-state index >= 15 is 0 Å². The Morgan fingerprint density at radius 3 is 2.67 bits per heavy atom. The van der Waals surface area contributed by atoms with Crippen molar-refractivity contribution >= 4 is 27.8 Å². The van der Waals surface area contributed by atoms with Gasteiger partial charge in [0.25, 0.3) is 0 Å². The van der Waals surface area contributed by atoms with Crippen LogP contribution in [0.4, 0.5) is 0 Å². The third-order valence-corrected chi connectivity index (χ3v) is 5.36. The van der Waals surface area contributed by atoms with Gasteiger partial charge in [0.2, 0.25) is 10.0 Å². The van der Waals surface area contributed by atoms with E-state index in [1.54, 1.807) is 18.7 Å². The summed E-state index contributed by atoms with van der Waals surface area (Å²) < 4.78 is 25.6. The summed E-state index contributed by atoms with van der Waals surface area (Å²) in [5.41, 5.74) is -0.139. The molecule has 0 radical (unpaired) electrons. The summed E-state index contributed by atoms with van der Waals surface area (Å²) >= 11 is 1.55. The van der Waals surface area contributed by atoms with Crippen molar-refractivity contribution in [3.8, 4) is 0 Å². The normalized spacial score (nSPS) is 13.8. The molecular weight excluding hydrogens is 276 g/mol. The summed E-state index contributed by atoms with van der Waals surface area (Å²) in [6.45, 7) is 1.80. The van der Waals surface area contributed by atoms with E-state index in [0.29, 0.717) is 5.75 Å². The predicted molar refractivity (Wildman–Crippen MR) is 70.5 cm³/mol. The summed E-state index contributed by atoms with van der Waals surface area (Å²) in [6.07, 6.45) is 3.09. The number of rotatable bonds is 6. The molecule has 0 saturated heterocycles. The number of aromatic carboxylic acids is 1. The van der Waals surface area contributed by atoms with Crippen LogP contribution in [0.1, 0.15) is 17.4 Å². The van der Waals surface area contributed by atoms with E-state index in [-0.39, 0.29) is 16.6 Å². The van der Waals surface area contributed by atoms with Crippen molar-refractivity contribution < 1.29 is 18.3 Å². The largest absolute Gasteiger partial charge is 0.477 e. The highest BCUT2D eigenvalue weighted by molar-refractivity contribution is 7.98. The summed E-state index contributed by atoms with van der Waals surface area (Å²) in [7, 11) is -2.16. The number of aromatic amines is 1. The number of aromatic nitrogens is 1. The van der Waals surface area contributed by atoms with E-state index in [1.165, 1.54) is 17.5 Å². The molecule has 0 aliphatic heterocycles. The molecule has 18 heavy (non-hydrogen) atoms. The lowest BCUT2D eigenvalue weighted by Gasteiger charge is -2.22. The molecule has 0 aliphatic carbocycles. The number of carboxylic acid groups (broad SMARTS) is 1. The van der Waals surface area contributed by atoms with Crippen molar-refractivity contribution in [2.24, 2.45) is 0 Å². The fourth-order valence-electron chi connectivity index (χ4n) is 1.40. The maximum absolute atomic E-state index is 12.2. The van der Waals surface area contributed by atoms with Crippen molar-refractivity contribution in [2.75, 3.05) is 19.1 Å². The second-order valence-electron chi connectivity index (χ2n) is 3.88. The molecule has 0 spiro atoms. The second kappa shape index (κ2) is 5.77. The van der Waals surface area contributed by atoms with Gasteiger partial charge in [-0.25, -0.2) is 13.2 Å². The van der Waals surface area contributed by atoms with Crippen molar-refractivity contribution in [1.82, 2.24) is 9.29 Å². The van der Waals surface area contributed by atoms with Crippen LogP contribution in [0.2, 0.25) is 0 Å². The number of nitrogens with one attached hydrogen (secondary N) is 1. The monoisotopic (exact) mass is 292 g/mol. The summed E-state index contributed by atoms with van der Waals surface area (Å²) in [4.78, 5) is 13.1.